The monoisotopic (exact) mass is 350 g/mol. The summed E-state index contributed by atoms with van der Waals surface area (Å²) < 4.78 is 5.33. The van der Waals surface area contributed by atoms with E-state index >= 15 is 0 Å². The molecule has 21 heavy (non-hydrogen) atoms. The van der Waals surface area contributed by atoms with Crippen LogP contribution in [-0.2, 0) is 13.6 Å². The molecule has 1 N–H and O–H groups in total. The van der Waals surface area contributed by atoms with E-state index in [0.29, 0.717) is 6.04 Å². The molecule has 0 aliphatic heterocycles. The number of hydrogen-bond acceptors (Lipinski definition) is 2. The lowest BCUT2D eigenvalue weighted by atomic mass is 10.1. The summed E-state index contributed by atoms with van der Waals surface area (Å²) >= 11 is 3.64. The lowest BCUT2D eigenvalue weighted by molar-refractivity contribution is 0.495. The highest BCUT2D eigenvalue weighted by Gasteiger charge is 2.32. The van der Waals surface area contributed by atoms with Gasteiger partial charge in [-0.2, -0.15) is 5.10 Å². The van der Waals surface area contributed by atoms with Crippen LogP contribution in [0.3, 0.4) is 0 Å². The van der Waals surface area contributed by atoms with Gasteiger partial charge in [-0.1, -0.05) is 6.92 Å². The molecule has 2 aromatic heterocycles. The number of nitrogens with zero attached hydrogens (tertiary/aromatic N) is 3. The predicted molar refractivity (Wildman–Crippen MR) is 88.3 cm³/mol. The summed E-state index contributed by atoms with van der Waals surface area (Å²) in [5.41, 5.74) is 3.67. The van der Waals surface area contributed by atoms with Gasteiger partial charge in [0.25, 0.3) is 0 Å². The van der Waals surface area contributed by atoms with Gasteiger partial charge in [0.05, 0.1) is 22.4 Å². The van der Waals surface area contributed by atoms with E-state index in [1.54, 1.807) is 0 Å². The standard InChI is InChI=1S/C16H23BrN4/c1-4-18-16(12-5-6-12)13-7-8-21(9-13)10-14-15(17)11(2)19-20(14)3/h7-9,12,16,18H,4-6,10H2,1-3H3. The van der Waals surface area contributed by atoms with E-state index in [4.69, 9.17) is 0 Å². The molecule has 1 aliphatic carbocycles. The number of rotatable bonds is 6. The molecular weight excluding hydrogens is 328 g/mol. The van der Waals surface area contributed by atoms with Gasteiger partial charge in [-0.3, -0.25) is 4.68 Å². The third kappa shape index (κ3) is 3.09. The van der Waals surface area contributed by atoms with Crippen LogP contribution in [-0.4, -0.2) is 20.9 Å². The molecule has 1 aliphatic rings. The molecule has 3 rings (SSSR count). The smallest absolute Gasteiger partial charge is 0.0739 e. The fourth-order valence-corrected chi connectivity index (χ4v) is 3.43. The third-order valence-electron chi connectivity index (χ3n) is 4.24. The topological polar surface area (TPSA) is 34.8 Å². The quantitative estimate of drug-likeness (QED) is 0.866. The van der Waals surface area contributed by atoms with Gasteiger partial charge in [0.2, 0.25) is 0 Å². The van der Waals surface area contributed by atoms with E-state index in [-0.39, 0.29) is 0 Å². The van der Waals surface area contributed by atoms with E-state index in [2.05, 4.69) is 56.3 Å². The van der Waals surface area contributed by atoms with Gasteiger partial charge in [-0.05, 0) is 59.8 Å². The Balaban J connectivity index is 1.78. The zero-order chi connectivity index (χ0) is 15.0. The van der Waals surface area contributed by atoms with Crippen LogP contribution in [0, 0.1) is 12.8 Å². The Kier molecular flexibility index (Phi) is 4.22. The van der Waals surface area contributed by atoms with Gasteiger partial charge in [-0.25, -0.2) is 0 Å². The minimum Gasteiger partial charge on any atom is -0.348 e. The number of hydrogen-bond donors (Lipinski definition) is 1. The number of nitrogens with one attached hydrogen (secondary N) is 1. The zero-order valence-corrected chi connectivity index (χ0v) is 14.5. The lowest BCUT2D eigenvalue weighted by Crippen LogP contribution is -2.22. The van der Waals surface area contributed by atoms with Crippen molar-refractivity contribution in [1.82, 2.24) is 19.7 Å². The minimum absolute atomic E-state index is 0.521. The van der Waals surface area contributed by atoms with Crippen LogP contribution >= 0.6 is 15.9 Å². The first-order valence-electron chi connectivity index (χ1n) is 7.67. The van der Waals surface area contributed by atoms with Crippen molar-refractivity contribution in [2.45, 2.75) is 39.3 Å². The number of aromatic nitrogens is 3. The van der Waals surface area contributed by atoms with E-state index in [1.807, 2.05) is 18.7 Å². The van der Waals surface area contributed by atoms with Crippen molar-refractivity contribution in [3.63, 3.8) is 0 Å². The van der Waals surface area contributed by atoms with Crippen molar-refractivity contribution < 1.29 is 0 Å². The van der Waals surface area contributed by atoms with Crippen molar-refractivity contribution in [2.24, 2.45) is 13.0 Å². The fraction of sp³-hybridized carbons (Fsp3) is 0.562. The molecule has 1 unspecified atom stereocenters. The molecule has 0 saturated heterocycles. The van der Waals surface area contributed by atoms with Gasteiger partial charge >= 0.3 is 0 Å². The summed E-state index contributed by atoms with van der Waals surface area (Å²) in [5.74, 6) is 0.825. The van der Waals surface area contributed by atoms with Gasteiger partial charge in [0.1, 0.15) is 0 Å². The van der Waals surface area contributed by atoms with Gasteiger partial charge < -0.3 is 9.88 Å². The Morgan fingerprint density at radius 3 is 2.81 bits per heavy atom. The van der Waals surface area contributed by atoms with Crippen LogP contribution in [0.2, 0.25) is 0 Å². The summed E-state index contributed by atoms with van der Waals surface area (Å²) in [6.07, 6.45) is 7.17. The van der Waals surface area contributed by atoms with E-state index in [0.717, 1.165) is 29.2 Å². The molecule has 0 amide bonds. The third-order valence-corrected chi connectivity index (χ3v) is 5.28. The van der Waals surface area contributed by atoms with Crippen molar-refractivity contribution >= 4 is 15.9 Å². The molecule has 0 radical (unpaired) electrons. The van der Waals surface area contributed by atoms with Crippen molar-refractivity contribution in [1.29, 1.82) is 0 Å². The minimum atomic E-state index is 0.521. The van der Waals surface area contributed by atoms with Crippen LogP contribution in [0.15, 0.2) is 22.9 Å². The van der Waals surface area contributed by atoms with Crippen molar-refractivity contribution in [3.05, 3.63) is 39.9 Å². The molecule has 0 spiro atoms. The first kappa shape index (κ1) is 14.9. The SMILES string of the molecule is CCNC(c1ccn(Cc2c(Br)c(C)nn2C)c1)C1CC1. The summed E-state index contributed by atoms with van der Waals surface area (Å²) in [5, 5.41) is 8.09. The summed E-state index contributed by atoms with van der Waals surface area (Å²) in [6.45, 7) is 6.09. The predicted octanol–water partition coefficient (Wildman–Crippen LogP) is 3.40. The zero-order valence-electron chi connectivity index (χ0n) is 12.9. The first-order chi connectivity index (χ1) is 10.1. The maximum atomic E-state index is 4.46. The number of halogens is 1. The molecule has 1 fully saturated rings. The Bertz CT molecular complexity index is 624. The van der Waals surface area contributed by atoms with E-state index in [9.17, 15) is 0 Å². The molecule has 2 heterocycles. The molecule has 1 saturated carbocycles. The van der Waals surface area contributed by atoms with Crippen LogP contribution in [0.25, 0.3) is 0 Å². The molecule has 1 atom stereocenters. The van der Waals surface area contributed by atoms with Gasteiger partial charge in [-0.15, -0.1) is 0 Å². The molecule has 2 aromatic rings. The second-order valence-electron chi connectivity index (χ2n) is 5.96. The fourth-order valence-electron chi connectivity index (χ4n) is 2.97. The highest BCUT2D eigenvalue weighted by atomic mass is 79.9. The van der Waals surface area contributed by atoms with Crippen LogP contribution < -0.4 is 5.32 Å². The largest absolute Gasteiger partial charge is 0.348 e. The van der Waals surface area contributed by atoms with Crippen molar-refractivity contribution in [3.8, 4) is 0 Å². The summed E-state index contributed by atoms with van der Waals surface area (Å²) in [4.78, 5) is 0. The summed E-state index contributed by atoms with van der Waals surface area (Å²) in [6, 6.07) is 2.77. The Morgan fingerprint density at radius 1 is 1.48 bits per heavy atom. The Hall–Kier alpha value is -1.07. The second kappa shape index (κ2) is 5.97. The van der Waals surface area contributed by atoms with E-state index in [1.165, 1.54) is 24.1 Å². The lowest BCUT2D eigenvalue weighted by Gasteiger charge is -2.15. The van der Waals surface area contributed by atoms with E-state index < -0.39 is 0 Å². The Labute approximate surface area is 134 Å². The number of aryl methyl sites for hydroxylation is 2. The highest BCUT2D eigenvalue weighted by molar-refractivity contribution is 9.10. The van der Waals surface area contributed by atoms with Gasteiger partial charge in [0, 0.05) is 25.5 Å². The highest BCUT2D eigenvalue weighted by Crippen LogP contribution is 2.41. The van der Waals surface area contributed by atoms with Crippen LogP contribution in [0.5, 0.6) is 0 Å². The molecule has 5 heteroatoms. The van der Waals surface area contributed by atoms with Gasteiger partial charge in [0.15, 0.2) is 0 Å². The molecule has 4 nitrogen and oxygen atoms in total. The molecule has 0 bridgehead atoms. The second-order valence-corrected chi connectivity index (χ2v) is 6.75. The summed E-state index contributed by atoms with van der Waals surface area (Å²) in [7, 11) is 2.00. The van der Waals surface area contributed by atoms with Crippen molar-refractivity contribution in [2.75, 3.05) is 6.54 Å². The maximum absolute atomic E-state index is 4.46. The Morgan fingerprint density at radius 2 is 2.24 bits per heavy atom. The molecule has 114 valence electrons. The molecule has 0 aromatic carbocycles. The van der Waals surface area contributed by atoms with Crippen LogP contribution in [0.1, 0.15) is 42.8 Å². The normalized spacial score (nSPS) is 16.4. The van der Waals surface area contributed by atoms with Crippen LogP contribution in [0.4, 0.5) is 0 Å². The average molecular weight is 351 g/mol. The molecular formula is C16H23BrN4. The first-order valence-corrected chi connectivity index (χ1v) is 8.46. The average Bonchev–Trinajstić information content (AvgIpc) is 3.14. The maximum Gasteiger partial charge on any atom is 0.0739 e.